The Labute approximate surface area is 157 Å². The van der Waals surface area contributed by atoms with Crippen molar-refractivity contribution in [2.45, 2.75) is 6.54 Å². The second-order valence-corrected chi connectivity index (χ2v) is 5.78. The first-order chi connectivity index (χ1) is 13.2. The Morgan fingerprint density at radius 1 is 0.778 bits per heavy atom. The lowest BCUT2D eigenvalue weighted by Crippen LogP contribution is -2.28. The highest BCUT2D eigenvalue weighted by molar-refractivity contribution is 5.91. The van der Waals surface area contributed by atoms with Crippen molar-refractivity contribution in [1.82, 2.24) is 5.32 Å². The van der Waals surface area contributed by atoms with Crippen molar-refractivity contribution in [3.8, 4) is 11.5 Å². The number of hydrogen-bond acceptors (Lipinski definition) is 4. The molecule has 0 saturated heterocycles. The van der Waals surface area contributed by atoms with Crippen LogP contribution in [0.1, 0.15) is 15.9 Å². The highest BCUT2D eigenvalue weighted by Crippen LogP contribution is 2.22. The molecule has 0 saturated carbocycles. The van der Waals surface area contributed by atoms with Crippen molar-refractivity contribution in [2.24, 2.45) is 0 Å². The van der Waals surface area contributed by atoms with Gasteiger partial charge in [0.15, 0.2) is 6.61 Å². The van der Waals surface area contributed by atoms with Crippen molar-refractivity contribution in [3.05, 3.63) is 96.1 Å². The summed E-state index contributed by atoms with van der Waals surface area (Å²) in [7, 11) is 0. The van der Waals surface area contributed by atoms with Gasteiger partial charge in [0, 0.05) is 6.54 Å². The van der Waals surface area contributed by atoms with E-state index in [1.54, 1.807) is 24.3 Å². The lowest BCUT2D eigenvalue weighted by molar-refractivity contribution is -0.124. The number of ether oxygens (including phenoxy) is 2. The van der Waals surface area contributed by atoms with E-state index in [2.05, 4.69) is 5.32 Å². The molecule has 3 aromatic carbocycles. The van der Waals surface area contributed by atoms with Crippen LogP contribution in [0.25, 0.3) is 0 Å². The van der Waals surface area contributed by atoms with Gasteiger partial charge in [-0.05, 0) is 35.9 Å². The van der Waals surface area contributed by atoms with E-state index in [1.807, 2.05) is 60.7 Å². The first kappa shape index (κ1) is 18.2. The number of hydrogen-bond donors (Lipinski definition) is 1. The molecule has 1 amide bonds. The van der Waals surface area contributed by atoms with Gasteiger partial charge in [0.05, 0.1) is 5.56 Å². The van der Waals surface area contributed by atoms with Crippen molar-refractivity contribution in [3.63, 3.8) is 0 Å². The van der Waals surface area contributed by atoms with Crippen LogP contribution in [0, 0.1) is 0 Å². The Kier molecular flexibility index (Phi) is 6.20. The highest BCUT2D eigenvalue weighted by atomic mass is 16.5. The fraction of sp³-hybridized carbons (Fsp3) is 0.0909. The molecule has 0 spiro atoms. The zero-order valence-corrected chi connectivity index (χ0v) is 14.6. The molecule has 0 aliphatic heterocycles. The molecule has 5 heteroatoms. The summed E-state index contributed by atoms with van der Waals surface area (Å²) >= 11 is 0. The molecule has 1 N–H and O–H groups in total. The van der Waals surface area contributed by atoms with Crippen LogP contribution in [-0.4, -0.2) is 18.5 Å². The van der Waals surface area contributed by atoms with Gasteiger partial charge in [0.1, 0.15) is 11.5 Å². The van der Waals surface area contributed by atoms with Gasteiger partial charge in [0.2, 0.25) is 0 Å². The molecule has 0 heterocycles. The molecule has 5 nitrogen and oxygen atoms in total. The van der Waals surface area contributed by atoms with Crippen LogP contribution in [0.15, 0.2) is 84.9 Å². The molecule has 136 valence electrons. The molecule has 0 bridgehead atoms. The third-order valence-electron chi connectivity index (χ3n) is 3.72. The lowest BCUT2D eigenvalue weighted by Gasteiger charge is -2.09. The van der Waals surface area contributed by atoms with Crippen molar-refractivity contribution >= 4 is 11.9 Å². The molecule has 0 atom stereocenters. The molecule has 0 aromatic heterocycles. The topological polar surface area (TPSA) is 64.6 Å². The second-order valence-electron chi connectivity index (χ2n) is 5.78. The van der Waals surface area contributed by atoms with Gasteiger partial charge in [-0.1, -0.05) is 54.6 Å². The van der Waals surface area contributed by atoms with Crippen molar-refractivity contribution < 1.29 is 19.1 Å². The summed E-state index contributed by atoms with van der Waals surface area (Å²) < 4.78 is 10.8. The van der Waals surface area contributed by atoms with E-state index in [1.165, 1.54) is 0 Å². The number of rotatable bonds is 7. The number of nitrogens with one attached hydrogen (secondary N) is 1. The summed E-state index contributed by atoms with van der Waals surface area (Å²) in [6.45, 7) is 0.0487. The van der Waals surface area contributed by atoms with E-state index in [-0.39, 0.29) is 12.5 Å². The number of carbonyl (C=O) groups excluding carboxylic acids is 2. The van der Waals surface area contributed by atoms with Crippen LogP contribution in [0.3, 0.4) is 0 Å². The standard InChI is InChI=1S/C22H19NO4/c24-21(23-15-17-8-3-1-4-9-17)16-26-22(25)18-10-7-13-20(14-18)27-19-11-5-2-6-12-19/h1-14H,15-16H2,(H,23,24). The molecular formula is C22H19NO4. The minimum absolute atomic E-state index is 0.319. The van der Waals surface area contributed by atoms with Gasteiger partial charge in [-0.15, -0.1) is 0 Å². The predicted molar refractivity (Wildman–Crippen MR) is 102 cm³/mol. The maximum absolute atomic E-state index is 12.2. The van der Waals surface area contributed by atoms with Crippen LogP contribution < -0.4 is 10.1 Å². The zero-order chi connectivity index (χ0) is 18.9. The molecule has 3 rings (SSSR count). The number of amides is 1. The molecule has 0 aliphatic carbocycles. The third kappa shape index (κ3) is 5.71. The molecule has 0 radical (unpaired) electrons. The first-order valence-corrected chi connectivity index (χ1v) is 8.51. The Hall–Kier alpha value is -3.60. The highest BCUT2D eigenvalue weighted by Gasteiger charge is 2.11. The van der Waals surface area contributed by atoms with Gasteiger partial charge < -0.3 is 14.8 Å². The summed E-state index contributed by atoms with van der Waals surface area (Å²) in [6, 6.07) is 25.4. The average molecular weight is 361 g/mol. The summed E-state index contributed by atoms with van der Waals surface area (Å²) in [4.78, 5) is 24.0. The number of carbonyl (C=O) groups is 2. The van der Waals surface area contributed by atoms with Crippen LogP contribution in [0.5, 0.6) is 11.5 Å². The molecular weight excluding hydrogens is 342 g/mol. The predicted octanol–water partition coefficient (Wildman–Crippen LogP) is 3.95. The van der Waals surface area contributed by atoms with Crippen LogP contribution in [0.4, 0.5) is 0 Å². The Bertz CT molecular complexity index is 894. The molecule has 27 heavy (non-hydrogen) atoms. The number of para-hydroxylation sites is 1. The minimum Gasteiger partial charge on any atom is -0.457 e. The van der Waals surface area contributed by atoms with Gasteiger partial charge >= 0.3 is 5.97 Å². The Balaban J connectivity index is 1.50. The first-order valence-electron chi connectivity index (χ1n) is 8.51. The normalized spacial score (nSPS) is 10.1. The second kappa shape index (κ2) is 9.20. The zero-order valence-electron chi connectivity index (χ0n) is 14.6. The molecule has 0 aliphatic rings. The molecule has 0 fully saturated rings. The Morgan fingerprint density at radius 2 is 1.44 bits per heavy atom. The minimum atomic E-state index is -0.580. The molecule has 0 unspecified atom stereocenters. The summed E-state index contributed by atoms with van der Waals surface area (Å²) in [6.07, 6.45) is 0. The van der Waals surface area contributed by atoms with E-state index in [0.29, 0.717) is 23.6 Å². The van der Waals surface area contributed by atoms with Crippen molar-refractivity contribution in [2.75, 3.05) is 6.61 Å². The maximum Gasteiger partial charge on any atom is 0.338 e. The van der Waals surface area contributed by atoms with E-state index in [4.69, 9.17) is 9.47 Å². The van der Waals surface area contributed by atoms with E-state index in [0.717, 1.165) is 5.56 Å². The fourth-order valence-corrected chi connectivity index (χ4v) is 2.37. The number of benzene rings is 3. The summed E-state index contributed by atoms with van der Waals surface area (Å²) in [5.41, 5.74) is 1.29. The average Bonchev–Trinajstić information content (AvgIpc) is 2.72. The third-order valence-corrected chi connectivity index (χ3v) is 3.72. The summed E-state index contributed by atoms with van der Waals surface area (Å²) in [5, 5.41) is 2.71. The number of esters is 1. The summed E-state index contributed by atoms with van der Waals surface area (Å²) in [5.74, 6) is 0.250. The van der Waals surface area contributed by atoms with Gasteiger partial charge in [0.25, 0.3) is 5.91 Å². The molecule has 3 aromatic rings. The SMILES string of the molecule is O=C(COC(=O)c1cccc(Oc2ccccc2)c1)NCc1ccccc1. The monoisotopic (exact) mass is 361 g/mol. The lowest BCUT2D eigenvalue weighted by atomic mass is 10.2. The van der Waals surface area contributed by atoms with Crippen molar-refractivity contribution in [1.29, 1.82) is 0 Å². The van der Waals surface area contributed by atoms with Gasteiger partial charge in [-0.3, -0.25) is 4.79 Å². The van der Waals surface area contributed by atoms with Gasteiger partial charge in [-0.25, -0.2) is 4.79 Å². The smallest absolute Gasteiger partial charge is 0.338 e. The van der Waals surface area contributed by atoms with Crippen LogP contribution >= 0.6 is 0 Å². The Morgan fingerprint density at radius 3 is 2.19 bits per heavy atom. The van der Waals surface area contributed by atoms with Crippen LogP contribution in [-0.2, 0) is 16.1 Å². The van der Waals surface area contributed by atoms with E-state index < -0.39 is 5.97 Å². The quantitative estimate of drug-likeness (QED) is 0.647. The van der Waals surface area contributed by atoms with E-state index >= 15 is 0 Å². The van der Waals surface area contributed by atoms with Crippen LogP contribution in [0.2, 0.25) is 0 Å². The largest absolute Gasteiger partial charge is 0.457 e. The fourth-order valence-electron chi connectivity index (χ4n) is 2.37. The van der Waals surface area contributed by atoms with E-state index in [9.17, 15) is 9.59 Å². The maximum atomic E-state index is 12.2. The van der Waals surface area contributed by atoms with Gasteiger partial charge in [-0.2, -0.15) is 0 Å².